The molecule has 1 heterocycles. The van der Waals surface area contributed by atoms with Gasteiger partial charge < -0.3 is 20.2 Å². The van der Waals surface area contributed by atoms with Gasteiger partial charge in [0.25, 0.3) is 0 Å². The Kier molecular flexibility index (Phi) is 8.00. The first-order chi connectivity index (χ1) is 12.9. The summed E-state index contributed by atoms with van der Waals surface area (Å²) in [5.74, 6) is -0.844. The number of likely N-dealkylation sites (tertiary alicyclic amines) is 1. The smallest absolute Gasteiger partial charge is 0.335 e. The van der Waals surface area contributed by atoms with E-state index in [0.717, 1.165) is 18.4 Å². The van der Waals surface area contributed by atoms with E-state index in [1.165, 1.54) is 0 Å². The highest BCUT2D eigenvalue weighted by Gasteiger charge is 2.28. The number of hydrogen-bond donors (Lipinski definition) is 3. The Bertz CT molecular complexity index is 653. The summed E-state index contributed by atoms with van der Waals surface area (Å²) in [6, 6.07) is 6.69. The van der Waals surface area contributed by atoms with Crippen LogP contribution in [-0.2, 0) is 11.2 Å². The Morgan fingerprint density at radius 3 is 2.59 bits per heavy atom. The number of carbonyl (C=O) groups excluding carboxylic acids is 1. The lowest BCUT2D eigenvalue weighted by molar-refractivity contribution is -0.128. The predicted octanol–water partition coefficient (Wildman–Crippen LogP) is 2.39. The first-order valence-corrected chi connectivity index (χ1v) is 9.53. The van der Waals surface area contributed by atoms with Crippen molar-refractivity contribution in [2.24, 2.45) is 0 Å². The van der Waals surface area contributed by atoms with E-state index in [0.29, 0.717) is 32.2 Å². The van der Waals surface area contributed by atoms with Crippen molar-refractivity contribution >= 4 is 11.9 Å². The first kappa shape index (κ1) is 21.1. The molecule has 0 aliphatic carbocycles. The standard InChI is InChI=1S/C21H29NO5/c1-15(23)3-2-4-19(24)11-9-18-10-12-20(25)22(18)14-13-16-5-7-17(8-6-16)21(26)27/h5-9,11,15,18-19,23-24H,2-4,10,12-14H2,1H3,(H,26,27)/b11-9+/t15-,18-,19-/m0/s1. The molecule has 2 rings (SSSR count). The second kappa shape index (κ2) is 10.2. The van der Waals surface area contributed by atoms with E-state index in [1.54, 1.807) is 37.3 Å². The maximum atomic E-state index is 12.2. The molecule has 1 aliphatic rings. The van der Waals surface area contributed by atoms with Crippen LogP contribution in [0.5, 0.6) is 0 Å². The van der Waals surface area contributed by atoms with Gasteiger partial charge in [-0.3, -0.25) is 4.79 Å². The molecule has 3 N–H and O–H groups in total. The van der Waals surface area contributed by atoms with Crippen LogP contribution in [0.25, 0.3) is 0 Å². The molecule has 1 fully saturated rings. The molecule has 1 saturated heterocycles. The number of aromatic carboxylic acids is 1. The molecular formula is C21H29NO5. The summed E-state index contributed by atoms with van der Waals surface area (Å²) in [5.41, 5.74) is 1.24. The van der Waals surface area contributed by atoms with Crippen LogP contribution in [0.4, 0.5) is 0 Å². The third-order valence-electron chi connectivity index (χ3n) is 4.89. The van der Waals surface area contributed by atoms with Gasteiger partial charge in [0.15, 0.2) is 0 Å². The Balaban J connectivity index is 1.86. The van der Waals surface area contributed by atoms with Gasteiger partial charge in [-0.1, -0.05) is 24.3 Å². The minimum absolute atomic E-state index is 0.0118. The van der Waals surface area contributed by atoms with Crippen molar-refractivity contribution < 1.29 is 24.9 Å². The van der Waals surface area contributed by atoms with Crippen molar-refractivity contribution in [3.63, 3.8) is 0 Å². The van der Waals surface area contributed by atoms with Crippen LogP contribution in [0, 0.1) is 0 Å². The van der Waals surface area contributed by atoms with Crippen molar-refractivity contribution in [2.45, 2.75) is 63.7 Å². The molecule has 0 radical (unpaired) electrons. The normalized spacial score (nSPS) is 19.6. The van der Waals surface area contributed by atoms with Crippen LogP contribution < -0.4 is 0 Å². The summed E-state index contributed by atoms with van der Waals surface area (Å²) in [4.78, 5) is 24.9. The lowest BCUT2D eigenvalue weighted by Crippen LogP contribution is -2.33. The van der Waals surface area contributed by atoms with Gasteiger partial charge in [0, 0.05) is 13.0 Å². The van der Waals surface area contributed by atoms with E-state index in [4.69, 9.17) is 5.11 Å². The SMILES string of the molecule is C[C@H](O)CCC[C@H](O)/C=C/[C@H]1CCC(=O)N1CCc1ccc(C(=O)O)cc1. The molecule has 6 nitrogen and oxygen atoms in total. The zero-order chi connectivity index (χ0) is 19.8. The third kappa shape index (κ3) is 6.81. The quantitative estimate of drug-likeness (QED) is 0.546. The van der Waals surface area contributed by atoms with Gasteiger partial charge in [0.05, 0.1) is 23.8 Å². The highest BCUT2D eigenvalue weighted by Crippen LogP contribution is 2.21. The first-order valence-electron chi connectivity index (χ1n) is 9.53. The van der Waals surface area contributed by atoms with Gasteiger partial charge in [-0.05, 0) is 56.7 Å². The molecule has 6 heteroatoms. The van der Waals surface area contributed by atoms with E-state index in [-0.39, 0.29) is 23.6 Å². The number of benzene rings is 1. The number of hydrogen-bond acceptors (Lipinski definition) is 4. The second-order valence-corrected chi connectivity index (χ2v) is 7.18. The summed E-state index contributed by atoms with van der Waals surface area (Å²) in [6.45, 7) is 2.30. The number of rotatable bonds is 10. The zero-order valence-electron chi connectivity index (χ0n) is 15.8. The fourth-order valence-electron chi connectivity index (χ4n) is 3.29. The lowest BCUT2D eigenvalue weighted by atomic mass is 10.1. The number of aliphatic hydroxyl groups is 2. The van der Waals surface area contributed by atoms with Gasteiger partial charge >= 0.3 is 5.97 Å². The van der Waals surface area contributed by atoms with E-state index < -0.39 is 12.1 Å². The van der Waals surface area contributed by atoms with Crippen LogP contribution in [0.2, 0.25) is 0 Å². The summed E-state index contributed by atoms with van der Waals surface area (Å²) >= 11 is 0. The Morgan fingerprint density at radius 1 is 1.26 bits per heavy atom. The molecule has 0 bridgehead atoms. The maximum absolute atomic E-state index is 12.2. The van der Waals surface area contributed by atoms with Crippen molar-refractivity contribution in [1.29, 1.82) is 0 Å². The molecule has 0 unspecified atom stereocenters. The van der Waals surface area contributed by atoms with Crippen LogP contribution in [0.1, 0.15) is 54.9 Å². The van der Waals surface area contributed by atoms with Crippen molar-refractivity contribution in [3.8, 4) is 0 Å². The minimum Gasteiger partial charge on any atom is -0.478 e. The molecule has 27 heavy (non-hydrogen) atoms. The van der Waals surface area contributed by atoms with Crippen LogP contribution in [0.3, 0.4) is 0 Å². The average molecular weight is 375 g/mol. The summed E-state index contributed by atoms with van der Waals surface area (Å²) in [5, 5.41) is 28.2. The van der Waals surface area contributed by atoms with E-state index in [2.05, 4.69) is 0 Å². The van der Waals surface area contributed by atoms with E-state index in [9.17, 15) is 19.8 Å². The van der Waals surface area contributed by atoms with E-state index in [1.807, 2.05) is 11.0 Å². The topological polar surface area (TPSA) is 98.1 Å². The van der Waals surface area contributed by atoms with E-state index >= 15 is 0 Å². The Morgan fingerprint density at radius 2 is 1.96 bits per heavy atom. The average Bonchev–Trinajstić information content (AvgIpc) is 2.98. The predicted molar refractivity (Wildman–Crippen MR) is 103 cm³/mol. The van der Waals surface area contributed by atoms with Crippen molar-refractivity contribution in [2.75, 3.05) is 6.54 Å². The van der Waals surface area contributed by atoms with Gasteiger partial charge in [-0.2, -0.15) is 0 Å². The molecule has 0 spiro atoms. The number of carboxylic acids is 1. The molecule has 1 aromatic carbocycles. The Labute approximate surface area is 160 Å². The van der Waals surface area contributed by atoms with Gasteiger partial charge in [0.1, 0.15) is 0 Å². The number of carbonyl (C=O) groups is 2. The minimum atomic E-state index is -0.950. The highest BCUT2D eigenvalue weighted by atomic mass is 16.4. The molecule has 0 saturated carbocycles. The summed E-state index contributed by atoms with van der Waals surface area (Å²) in [7, 11) is 0. The Hall–Kier alpha value is -2.18. The summed E-state index contributed by atoms with van der Waals surface area (Å²) < 4.78 is 0. The fraction of sp³-hybridized carbons (Fsp3) is 0.524. The zero-order valence-corrected chi connectivity index (χ0v) is 15.8. The molecule has 1 aromatic rings. The van der Waals surface area contributed by atoms with Gasteiger partial charge in [-0.25, -0.2) is 4.79 Å². The number of amides is 1. The molecule has 148 valence electrons. The molecule has 3 atom stereocenters. The largest absolute Gasteiger partial charge is 0.478 e. The van der Waals surface area contributed by atoms with Gasteiger partial charge in [-0.15, -0.1) is 0 Å². The van der Waals surface area contributed by atoms with Crippen LogP contribution in [0.15, 0.2) is 36.4 Å². The van der Waals surface area contributed by atoms with Crippen molar-refractivity contribution in [1.82, 2.24) is 4.90 Å². The molecule has 1 amide bonds. The second-order valence-electron chi connectivity index (χ2n) is 7.18. The fourth-order valence-corrected chi connectivity index (χ4v) is 3.29. The molecule has 0 aromatic heterocycles. The number of carboxylic acid groups (broad SMARTS) is 1. The van der Waals surface area contributed by atoms with Gasteiger partial charge in [0.2, 0.25) is 5.91 Å². The highest BCUT2D eigenvalue weighted by molar-refractivity contribution is 5.87. The summed E-state index contributed by atoms with van der Waals surface area (Å²) in [6.07, 6.45) is 6.66. The number of nitrogens with zero attached hydrogens (tertiary/aromatic N) is 1. The third-order valence-corrected chi connectivity index (χ3v) is 4.89. The molecule has 1 aliphatic heterocycles. The lowest BCUT2D eigenvalue weighted by Gasteiger charge is -2.23. The van der Waals surface area contributed by atoms with Crippen LogP contribution >= 0.6 is 0 Å². The maximum Gasteiger partial charge on any atom is 0.335 e. The number of aliphatic hydroxyl groups excluding tert-OH is 2. The van der Waals surface area contributed by atoms with Crippen LogP contribution in [-0.4, -0.2) is 56.9 Å². The molecular weight excluding hydrogens is 346 g/mol. The monoisotopic (exact) mass is 375 g/mol. The van der Waals surface area contributed by atoms with Crippen molar-refractivity contribution in [3.05, 3.63) is 47.5 Å².